The van der Waals surface area contributed by atoms with Gasteiger partial charge in [0.05, 0.1) is 12.5 Å². The molecule has 5 nitrogen and oxygen atoms in total. The van der Waals surface area contributed by atoms with Gasteiger partial charge < -0.3 is 15.0 Å². The molecule has 1 saturated heterocycles. The highest BCUT2D eigenvalue weighted by Gasteiger charge is 2.48. The van der Waals surface area contributed by atoms with Crippen LogP contribution in [0.4, 0.5) is 10.5 Å². The molecule has 0 bridgehead atoms. The first-order valence-electron chi connectivity index (χ1n) is 7.61. The fraction of sp³-hybridized carbons (Fsp3) is 0.529. The van der Waals surface area contributed by atoms with Gasteiger partial charge in [-0.3, -0.25) is 4.79 Å². The molecular weight excluding hydrogens is 312 g/mol. The molecule has 0 unspecified atom stereocenters. The van der Waals surface area contributed by atoms with E-state index in [1.807, 2.05) is 45.2 Å². The second kappa shape index (κ2) is 6.83. The van der Waals surface area contributed by atoms with Crippen LogP contribution in [0.1, 0.15) is 19.4 Å². The maximum absolute atomic E-state index is 12.6. The van der Waals surface area contributed by atoms with Crippen LogP contribution in [0, 0.1) is 18.3 Å². The van der Waals surface area contributed by atoms with Gasteiger partial charge in [0, 0.05) is 23.7 Å². The highest BCUT2D eigenvalue weighted by atomic mass is 32.2. The van der Waals surface area contributed by atoms with Gasteiger partial charge in [-0.2, -0.15) is 0 Å². The number of hydrogen-bond donors (Lipinski definition) is 1. The zero-order chi connectivity index (χ0) is 17.2. The Morgan fingerprint density at radius 3 is 2.74 bits per heavy atom. The van der Waals surface area contributed by atoms with Gasteiger partial charge in [0.15, 0.2) is 0 Å². The van der Waals surface area contributed by atoms with Crippen LogP contribution in [0.15, 0.2) is 23.1 Å². The SMILES string of the molecule is COC(=O)[C@]1(C)CN(C(=O)Nc2cccc(SC)c2C)C[C@H]1C. The number of likely N-dealkylation sites (tertiary alicyclic amines) is 1. The Morgan fingerprint density at radius 1 is 1.43 bits per heavy atom. The average molecular weight is 336 g/mol. The van der Waals surface area contributed by atoms with Crippen molar-refractivity contribution in [2.24, 2.45) is 11.3 Å². The summed E-state index contributed by atoms with van der Waals surface area (Å²) < 4.78 is 4.90. The predicted octanol–water partition coefficient (Wildman–Crippen LogP) is 3.38. The molecule has 2 atom stereocenters. The first kappa shape index (κ1) is 17.7. The van der Waals surface area contributed by atoms with Crippen molar-refractivity contribution in [3.05, 3.63) is 23.8 Å². The summed E-state index contributed by atoms with van der Waals surface area (Å²) in [6.45, 7) is 6.74. The van der Waals surface area contributed by atoms with Gasteiger partial charge in [-0.15, -0.1) is 11.8 Å². The van der Waals surface area contributed by atoms with Gasteiger partial charge in [0.1, 0.15) is 0 Å². The van der Waals surface area contributed by atoms with Crippen molar-refractivity contribution >= 4 is 29.4 Å². The van der Waals surface area contributed by atoms with Crippen molar-refractivity contribution in [1.29, 1.82) is 0 Å². The maximum Gasteiger partial charge on any atom is 0.321 e. The van der Waals surface area contributed by atoms with E-state index in [1.54, 1.807) is 16.7 Å². The minimum atomic E-state index is -0.651. The van der Waals surface area contributed by atoms with Crippen LogP contribution in [-0.4, -0.2) is 43.4 Å². The van der Waals surface area contributed by atoms with E-state index < -0.39 is 5.41 Å². The van der Waals surface area contributed by atoms with Gasteiger partial charge in [-0.05, 0) is 43.7 Å². The molecule has 1 aromatic carbocycles. The monoisotopic (exact) mass is 336 g/mol. The third-order valence-electron chi connectivity index (χ3n) is 4.79. The molecule has 1 heterocycles. The first-order chi connectivity index (χ1) is 10.8. The number of rotatable bonds is 3. The van der Waals surface area contributed by atoms with E-state index in [2.05, 4.69) is 5.32 Å². The van der Waals surface area contributed by atoms with Crippen molar-refractivity contribution in [2.75, 3.05) is 31.8 Å². The quantitative estimate of drug-likeness (QED) is 0.679. The molecule has 1 aliphatic heterocycles. The Balaban J connectivity index is 2.13. The lowest BCUT2D eigenvalue weighted by atomic mass is 9.81. The van der Waals surface area contributed by atoms with Crippen molar-refractivity contribution in [3.8, 4) is 0 Å². The van der Waals surface area contributed by atoms with Crippen LogP contribution < -0.4 is 5.32 Å². The number of carbonyl (C=O) groups is 2. The lowest BCUT2D eigenvalue weighted by Gasteiger charge is -2.24. The molecule has 1 aliphatic rings. The van der Waals surface area contributed by atoms with Gasteiger partial charge in [0.2, 0.25) is 0 Å². The highest BCUT2D eigenvalue weighted by Crippen LogP contribution is 2.37. The van der Waals surface area contributed by atoms with Crippen LogP contribution in [0.3, 0.4) is 0 Å². The molecule has 0 saturated carbocycles. The zero-order valence-corrected chi connectivity index (χ0v) is 15.1. The van der Waals surface area contributed by atoms with E-state index >= 15 is 0 Å². The summed E-state index contributed by atoms with van der Waals surface area (Å²) in [6, 6.07) is 5.68. The molecule has 0 aromatic heterocycles. The Kier molecular flexibility index (Phi) is 5.24. The van der Waals surface area contributed by atoms with E-state index in [0.717, 1.165) is 16.1 Å². The van der Waals surface area contributed by atoms with Crippen LogP contribution in [0.2, 0.25) is 0 Å². The number of nitrogens with zero attached hydrogens (tertiary/aromatic N) is 1. The van der Waals surface area contributed by atoms with Crippen molar-refractivity contribution in [3.63, 3.8) is 0 Å². The van der Waals surface area contributed by atoms with E-state index in [-0.39, 0.29) is 17.9 Å². The second-order valence-corrected chi connectivity index (χ2v) is 7.10. The van der Waals surface area contributed by atoms with Crippen LogP contribution >= 0.6 is 11.8 Å². The molecular formula is C17H24N2O3S. The standard InChI is InChI=1S/C17H24N2O3S/c1-11-9-19(10-17(11,3)15(20)22-4)16(21)18-13-7-6-8-14(23-5)12(13)2/h6-8,11H,9-10H2,1-5H3,(H,18,21)/t11-,17-/m1/s1. The predicted molar refractivity (Wildman–Crippen MR) is 92.8 cm³/mol. The van der Waals surface area contributed by atoms with Crippen LogP contribution in [0.25, 0.3) is 0 Å². The van der Waals surface area contributed by atoms with Gasteiger partial charge in [-0.25, -0.2) is 4.79 Å². The average Bonchev–Trinajstić information content (AvgIpc) is 2.85. The summed E-state index contributed by atoms with van der Waals surface area (Å²) in [4.78, 5) is 27.4. The number of urea groups is 1. The lowest BCUT2D eigenvalue weighted by molar-refractivity contribution is -0.152. The topological polar surface area (TPSA) is 58.6 Å². The fourth-order valence-corrected chi connectivity index (χ4v) is 3.60. The Hall–Kier alpha value is -1.69. The first-order valence-corrected chi connectivity index (χ1v) is 8.84. The second-order valence-electron chi connectivity index (χ2n) is 6.25. The Bertz CT molecular complexity index is 620. The van der Waals surface area contributed by atoms with E-state index in [9.17, 15) is 9.59 Å². The van der Waals surface area contributed by atoms with Gasteiger partial charge >= 0.3 is 12.0 Å². The highest BCUT2D eigenvalue weighted by molar-refractivity contribution is 7.98. The van der Waals surface area contributed by atoms with E-state index in [0.29, 0.717) is 13.1 Å². The zero-order valence-electron chi connectivity index (χ0n) is 14.3. The van der Waals surface area contributed by atoms with Crippen LogP contribution in [-0.2, 0) is 9.53 Å². The maximum atomic E-state index is 12.6. The number of thioether (sulfide) groups is 1. The lowest BCUT2D eigenvalue weighted by Crippen LogP contribution is -2.38. The van der Waals surface area contributed by atoms with Crippen LogP contribution in [0.5, 0.6) is 0 Å². The number of amides is 2. The van der Waals surface area contributed by atoms with Gasteiger partial charge in [0.25, 0.3) is 0 Å². The summed E-state index contributed by atoms with van der Waals surface area (Å²) in [5.41, 5.74) is 1.21. The molecule has 23 heavy (non-hydrogen) atoms. The summed E-state index contributed by atoms with van der Waals surface area (Å²) in [5, 5.41) is 2.96. The van der Waals surface area contributed by atoms with Crippen molar-refractivity contribution in [1.82, 2.24) is 4.90 Å². The molecule has 2 rings (SSSR count). The molecule has 1 aromatic rings. The number of carbonyl (C=O) groups excluding carboxylic acids is 2. The molecule has 2 amide bonds. The third-order valence-corrected chi connectivity index (χ3v) is 5.67. The summed E-state index contributed by atoms with van der Waals surface area (Å²) in [6.07, 6.45) is 2.01. The molecule has 1 fully saturated rings. The Morgan fingerprint density at radius 2 is 2.13 bits per heavy atom. The van der Waals surface area contributed by atoms with Gasteiger partial charge in [-0.1, -0.05) is 13.0 Å². The molecule has 0 aliphatic carbocycles. The normalized spacial score (nSPS) is 23.7. The summed E-state index contributed by atoms with van der Waals surface area (Å²) in [7, 11) is 1.39. The van der Waals surface area contributed by atoms with Crippen molar-refractivity contribution in [2.45, 2.75) is 25.7 Å². The number of methoxy groups -OCH3 is 1. The number of hydrogen-bond acceptors (Lipinski definition) is 4. The van der Waals surface area contributed by atoms with E-state index in [4.69, 9.17) is 4.74 Å². The minimum absolute atomic E-state index is 0.0549. The number of esters is 1. The number of benzene rings is 1. The molecule has 6 heteroatoms. The minimum Gasteiger partial charge on any atom is -0.469 e. The van der Waals surface area contributed by atoms with E-state index in [1.165, 1.54) is 7.11 Å². The molecule has 126 valence electrons. The Labute approximate surface area is 141 Å². The third kappa shape index (κ3) is 3.32. The smallest absolute Gasteiger partial charge is 0.321 e. The number of nitrogens with one attached hydrogen (secondary N) is 1. The van der Waals surface area contributed by atoms with Crippen molar-refractivity contribution < 1.29 is 14.3 Å². The molecule has 0 radical (unpaired) electrons. The number of ether oxygens (including phenoxy) is 1. The fourth-order valence-electron chi connectivity index (χ4n) is 2.97. The number of anilines is 1. The largest absolute Gasteiger partial charge is 0.469 e. The molecule has 0 spiro atoms. The summed E-state index contributed by atoms with van der Waals surface area (Å²) >= 11 is 1.65. The molecule has 1 N–H and O–H groups in total. The summed E-state index contributed by atoms with van der Waals surface area (Å²) in [5.74, 6) is -0.208.